The second-order valence-electron chi connectivity index (χ2n) is 5.19. The van der Waals surface area contributed by atoms with E-state index in [1.807, 2.05) is 25.1 Å². The van der Waals surface area contributed by atoms with Crippen LogP contribution < -0.4 is 10.6 Å². The molecule has 24 heavy (non-hydrogen) atoms. The minimum Gasteiger partial charge on any atom is -0.360 e. The smallest absolute Gasteiger partial charge is 0.277 e. The predicted molar refractivity (Wildman–Crippen MR) is 93.4 cm³/mol. The molecule has 0 fully saturated rings. The number of aryl methyl sites for hydroxylation is 2. The maximum absolute atomic E-state index is 12.1. The zero-order chi connectivity index (χ0) is 17.1. The van der Waals surface area contributed by atoms with E-state index in [1.54, 1.807) is 25.1 Å². The van der Waals surface area contributed by atoms with E-state index in [4.69, 9.17) is 4.52 Å². The van der Waals surface area contributed by atoms with Gasteiger partial charge in [0.25, 0.3) is 5.91 Å². The number of amides is 1. The first-order chi connectivity index (χ1) is 11.5. The number of nitrogens with zero attached hydrogens (tertiary/aromatic N) is 3. The van der Waals surface area contributed by atoms with E-state index >= 15 is 0 Å². The van der Waals surface area contributed by atoms with E-state index in [-0.39, 0.29) is 5.69 Å². The molecule has 2 N–H and O–H groups in total. The highest BCUT2D eigenvalue weighted by Crippen LogP contribution is 2.25. The lowest BCUT2D eigenvalue weighted by molar-refractivity contribution is 0.102. The normalized spacial score (nSPS) is 10.5. The highest BCUT2D eigenvalue weighted by molar-refractivity contribution is 9.10. The minimum absolute atomic E-state index is 0.184. The standard InChI is InChI=1S/C16H14BrN5O2/c1-9-3-4-12(11(17)7-9)18-14-6-5-13(20-21-14)16(23)19-15-8-10(2)24-22-15/h3-8H,1-2H3,(H,18,21)(H,19,22,23). The average molecular weight is 388 g/mol. The Bertz CT molecular complexity index is 876. The number of benzene rings is 1. The molecule has 0 spiro atoms. The van der Waals surface area contributed by atoms with Crippen LogP contribution in [0, 0.1) is 13.8 Å². The topological polar surface area (TPSA) is 92.9 Å². The van der Waals surface area contributed by atoms with Crippen molar-refractivity contribution in [2.45, 2.75) is 13.8 Å². The SMILES string of the molecule is Cc1ccc(Nc2ccc(C(=O)Nc3cc(C)on3)nn2)c(Br)c1. The Kier molecular flexibility index (Phi) is 4.57. The van der Waals surface area contributed by atoms with Crippen LogP contribution in [0.5, 0.6) is 0 Å². The molecule has 0 radical (unpaired) electrons. The molecule has 1 aromatic carbocycles. The Morgan fingerprint density at radius 2 is 1.92 bits per heavy atom. The number of hydrogen-bond donors (Lipinski definition) is 2. The highest BCUT2D eigenvalue weighted by atomic mass is 79.9. The van der Waals surface area contributed by atoms with Gasteiger partial charge in [-0.25, -0.2) is 0 Å². The van der Waals surface area contributed by atoms with E-state index in [0.717, 1.165) is 15.7 Å². The molecule has 3 rings (SSSR count). The van der Waals surface area contributed by atoms with E-state index in [0.29, 0.717) is 17.4 Å². The number of halogens is 1. The van der Waals surface area contributed by atoms with Crippen molar-refractivity contribution in [2.24, 2.45) is 0 Å². The number of carbonyl (C=O) groups is 1. The minimum atomic E-state index is -0.404. The summed E-state index contributed by atoms with van der Waals surface area (Å²) in [4.78, 5) is 12.1. The van der Waals surface area contributed by atoms with Crippen LogP contribution >= 0.6 is 15.9 Å². The summed E-state index contributed by atoms with van der Waals surface area (Å²) in [5.41, 5.74) is 2.20. The second kappa shape index (κ2) is 6.79. The monoisotopic (exact) mass is 387 g/mol. The van der Waals surface area contributed by atoms with Crippen molar-refractivity contribution in [1.29, 1.82) is 0 Å². The summed E-state index contributed by atoms with van der Waals surface area (Å²) in [5.74, 6) is 1.08. The van der Waals surface area contributed by atoms with Crippen LogP contribution in [0.25, 0.3) is 0 Å². The van der Waals surface area contributed by atoms with Crippen molar-refractivity contribution >= 4 is 39.2 Å². The number of carbonyl (C=O) groups excluding carboxylic acids is 1. The molecule has 0 unspecified atom stereocenters. The number of nitrogens with one attached hydrogen (secondary N) is 2. The lowest BCUT2D eigenvalue weighted by Gasteiger charge is -2.08. The molecule has 0 aliphatic rings. The van der Waals surface area contributed by atoms with Crippen LogP contribution in [0.3, 0.4) is 0 Å². The van der Waals surface area contributed by atoms with Crippen molar-refractivity contribution in [2.75, 3.05) is 10.6 Å². The predicted octanol–water partition coefficient (Wildman–Crippen LogP) is 3.84. The zero-order valence-electron chi connectivity index (χ0n) is 13.0. The summed E-state index contributed by atoms with van der Waals surface area (Å²) in [6, 6.07) is 10.8. The van der Waals surface area contributed by atoms with Gasteiger partial charge in [0.05, 0.1) is 5.69 Å². The Labute approximate surface area is 146 Å². The first-order valence-electron chi connectivity index (χ1n) is 7.13. The van der Waals surface area contributed by atoms with E-state index < -0.39 is 5.91 Å². The van der Waals surface area contributed by atoms with Gasteiger partial charge in [0.1, 0.15) is 5.76 Å². The molecule has 2 aromatic heterocycles. The molecule has 2 heterocycles. The van der Waals surface area contributed by atoms with Gasteiger partial charge >= 0.3 is 0 Å². The van der Waals surface area contributed by atoms with Crippen molar-refractivity contribution < 1.29 is 9.32 Å². The van der Waals surface area contributed by atoms with E-state index in [9.17, 15) is 4.79 Å². The van der Waals surface area contributed by atoms with Gasteiger partial charge in [0, 0.05) is 10.5 Å². The summed E-state index contributed by atoms with van der Waals surface area (Å²) in [6.07, 6.45) is 0. The summed E-state index contributed by atoms with van der Waals surface area (Å²) in [7, 11) is 0. The van der Waals surface area contributed by atoms with Gasteiger partial charge in [-0.15, -0.1) is 10.2 Å². The molecular weight excluding hydrogens is 374 g/mol. The summed E-state index contributed by atoms with van der Waals surface area (Å²) >= 11 is 3.49. The molecule has 0 aliphatic carbocycles. The van der Waals surface area contributed by atoms with Gasteiger partial charge in [0.2, 0.25) is 0 Å². The maximum Gasteiger partial charge on any atom is 0.277 e. The van der Waals surface area contributed by atoms with E-state index in [2.05, 4.69) is 41.9 Å². The molecule has 3 aromatic rings. The molecule has 7 nitrogen and oxygen atoms in total. The highest BCUT2D eigenvalue weighted by Gasteiger charge is 2.11. The zero-order valence-corrected chi connectivity index (χ0v) is 14.6. The molecule has 0 saturated heterocycles. The van der Waals surface area contributed by atoms with Gasteiger partial charge in [-0.1, -0.05) is 11.2 Å². The lowest BCUT2D eigenvalue weighted by atomic mass is 10.2. The Morgan fingerprint density at radius 3 is 2.54 bits per heavy atom. The fourth-order valence-electron chi connectivity index (χ4n) is 1.99. The number of anilines is 3. The molecule has 0 atom stereocenters. The van der Waals surface area contributed by atoms with Gasteiger partial charge in [-0.05, 0) is 59.6 Å². The number of hydrogen-bond acceptors (Lipinski definition) is 6. The Morgan fingerprint density at radius 1 is 1.08 bits per heavy atom. The first-order valence-corrected chi connectivity index (χ1v) is 7.92. The Hall–Kier alpha value is -2.74. The number of rotatable bonds is 4. The van der Waals surface area contributed by atoms with Crippen LogP contribution in [-0.2, 0) is 0 Å². The molecule has 0 aliphatic heterocycles. The molecule has 1 amide bonds. The van der Waals surface area contributed by atoms with Gasteiger partial charge in [-0.2, -0.15) is 0 Å². The third-order valence-electron chi connectivity index (χ3n) is 3.15. The van der Waals surface area contributed by atoms with Crippen molar-refractivity contribution in [3.8, 4) is 0 Å². The van der Waals surface area contributed by atoms with Crippen molar-refractivity contribution in [3.63, 3.8) is 0 Å². The maximum atomic E-state index is 12.1. The third kappa shape index (κ3) is 3.77. The van der Waals surface area contributed by atoms with Crippen molar-refractivity contribution in [3.05, 3.63) is 57.9 Å². The lowest BCUT2D eigenvalue weighted by Crippen LogP contribution is -2.14. The molecule has 122 valence electrons. The average Bonchev–Trinajstić information content (AvgIpc) is 2.96. The fraction of sp³-hybridized carbons (Fsp3) is 0.125. The van der Waals surface area contributed by atoms with Crippen molar-refractivity contribution in [1.82, 2.24) is 15.4 Å². The van der Waals surface area contributed by atoms with Crippen LogP contribution in [0.4, 0.5) is 17.3 Å². The second-order valence-corrected chi connectivity index (χ2v) is 6.04. The summed E-state index contributed by atoms with van der Waals surface area (Å²) in [5, 5.41) is 17.4. The molecule has 0 bridgehead atoms. The molecule has 8 heteroatoms. The quantitative estimate of drug-likeness (QED) is 0.706. The van der Waals surface area contributed by atoms with Gasteiger partial charge < -0.3 is 15.2 Å². The van der Waals surface area contributed by atoms with Crippen LogP contribution in [0.15, 0.2) is 45.4 Å². The first kappa shape index (κ1) is 16.1. The molecular formula is C16H14BrN5O2. The number of aromatic nitrogens is 3. The Balaban J connectivity index is 1.69. The summed E-state index contributed by atoms with van der Waals surface area (Å²) in [6.45, 7) is 3.75. The van der Waals surface area contributed by atoms with Gasteiger partial charge in [-0.3, -0.25) is 4.79 Å². The largest absolute Gasteiger partial charge is 0.360 e. The molecule has 0 saturated carbocycles. The van der Waals surface area contributed by atoms with E-state index in [1.165, 1.54) is 0 Å². The fourth-order valence-corrected chi connectivity index (χ4v) is 2.58. The van der Waals surface area contributed by atoms with Crippen LogP contribution in [0.2, 0.25) is 0 Å². The summed E-state index contributed by atoms with van der Waals surface area (Å²) < 4.78 is 5.81. The van der Waals surface area contributed by atoms with Crippen LogP contribution in [-0.4, -0.2) is 21.3 Å². The van der Waals surface area contributed by atoms with Crippen LogP contribution in [0.1, 0.15) is 21.8 Å². The van der Waals surface area contributed by atoms with Gasteiger partial charge in [0.15, 0.2) is 17.3 Å². The third-order valence-corrected chi connectivity index (χ3v) is 3.81.